The molecule has 0 bridgehead atoms. The van der Waals surface area contributed by atoms with E-state index in [1.807, 2.05) is 42.5 Å². The molecule has 0 aliphatic carbocycles. The van der Waals surface area contributed by atoms with E-state index in [1.54, 1.807) is 38.1 Å². The summed E-state index contributed by atoms with van der Waals surface area (Å²) in [6.07, 6.45) is 0. The summed E-state index contributed by atoms with van der Waals surface area (Å²) in [5.74, 6) is -0.772. The first-order chi connectivity index (χ1) is 12.6. The lowest BCUT2D eigenvalue weighted by molar-refractivity contribution is -0.118. The van der Waals surface area contributed by atoms with E-state index in [9.17, 15) is 9.59 Å². The number of hydrogen-bond acceptors (Lipinski definition) is 3. The first-order valence-electron chi connectivity index (χ1n) is 8.60. The summed E-state index contributed by atoms with van der Waals surface area (Å²) < 4.78 is 5.51. The van der Waals surface area contributed by atoms with Gasteiger partial charge in [-0.1, -0.05) is 68.4 Å². The molecule has 132 valence electrons. The number of hydrogen-bond donors (Lipinski definition) is 1. The molecule has 0 heterocycles. The zero-order valence-electron chi connectivity index (χ0n) is 14.9. The van der Waals surface area contributed by atoms with Gasteiger partial charge in [0.15, 0.2) is 0 Å². The SMILES string of the molecule is CC(C)C(=O)Nc1ccccc1C(=O)OCc1cccc2ccccc12. The van der Waals surface area contributed by atoms with Crippen molar-refractivity contribution in [2.75, 3.05) is 5.32 Å². The summed E-state index contributed by atoms with van der Waals surface area (Å²) in [6.45, 7) is 3.78. The molecule has 0 aliphatic heterocycles. The van der Waals surface area contributed by atoms with Gasteiger partial charge < -0.3 is 10.1 Å². The summed E-state index contributed by atoms with van der Waals surface area (Å²) in [4.78, 5) is 24.5. The minimum atomic E-state index is -0.461. The van der Waals surface area contributed by atoms with Crippen molar-refractivity contribution in [2.45, 2.75) is 20.5 Å². The Kier molecular flexibility index (Phi) is 5.32. The largest absolute Gasteiger partial charge is 0.457 e. The van der Waals surface area contributed by atoms with Gasteiger partial charge in [0.05, 0.1) is 11.3 Å². The molecule has 0 saturated heterocycles. The van der Waals surface area contributed by atoms with Gasteiger partial charge in [-0.3, -0.25) is 4.79 Å². The second-order valence-electron chi connectivity index (χ2n) is 6.40. The number of anilines is 1. The summed E-state index contributed by atoms with van der Waals surface area (Å²) in [5, 5.41) is 4.94. The minimum absolute atomic E-state index is 0.140. The molecule has 0 atom stereocenters. The monoisotopic (exact) mass is 347 g/mol. The normalized spacial score (nSPS) is 10.7. The zero-order chi connectivity index (χ0) is 18.5. The number of ether oxygens (including phenoxy) is 1. The lowest BCUT2D eigenvalue weighted by Crippen LogP contribution is -2.20. The van der Waals surface area contributed by atoms with E-state index in [1.165, 1.54) is 0 Å². The first-order valence-corrected chi connectivity index (χ1v) is 8.60. The molecule has 1 N–H and O–H groups in total. The van der Waals surface area contributed by atoms with Gasteiger partial charge in [-0.2, -0.15) is 0 Å². The Balaban J connectivity index is 1.77. The van der Waals surface area contributed by atoms with Crippen LogP contribution in [0.1, 0.15) is 29.8 Å². The van der Waals surface area contributed by atoms with E-state index >= 15 is 0 Å². The van der Waals surface area contributed by atoms with Gasteiger partial charge in [0.1, 0.15) is 6.61 Å². The highest BCUT2D eigenvalue weighted by molar-refractivity contribution is 6.01. The van der Waals surface area contributed by atoms with Crippen LogP contribution >= 0.6 is 0 Å². The van der Waals surface area contributed by atoms with Gasteiger partial charge in [0.25, 0.3) is 0 Å². The Morgan fingerprint density at radius 3 is 2.42 bits per heavy atom. The third-order valence-electron chi connectivity index (χ3n) is 4.17. The van der Waals surface area contributed by atoms with Crippen LogP contribution in [-0.4, -0.2) is 11.9 Å². The zero-order valence-corrected chi connectivity index (χ0v) is 14.9. The van der Waals surface area contributed by atoms with Crippen LogP contribution in [0, 0.1) is 5.92 Å². The van der Waals surface area contributed by atoms with Crippen LogP contribution in [-0.2, 0) is 16.1 Å². The van der Waals surface area contributed by atoms with Crippen molar-refractivity contribution in [1.29, 1.82) is 0 Å². The number of nitrogens with one attached hydrogen (secondary N) is 1. The van der Waals surface area contributed by atoms with E-state index in [0.29, 0.717) is 11.3 Å². The van der Waals surface area contributed by atoms with Crippen LogP contribution in [0.15, 0.2) is 66.7 Å². The van der Waals surface area contributed by atoms with Crippen molar-refractivity contribution < 1.29 is 14.3 Å². The Morgan fingerprint density at radius 2 is 1.62 bits per heavy atom. The Bertz CT molecular complexity index is 942. The molecule has 0 aliphatic rings. The molecule has 3 aromatic carbocycles. The topological polar surface area (TPSA) is 55.4 Å². The number of benzene rings is 3. The van der Waals surface area contributed by atoms with Gasteiger partial charge in [-0.05, 0) is 28.5 Å². The third kappa shape index (κ3) is 3.91. The maximum atomic E-state index is 12.6. The van der Waals surface area contributed by atoms with Crippen LogP contribution in [0.5, 0.6) is 0 Å². The van der Waals surface area contributed by atoms with Crippen LogP contribution in [0.3, 0.4) is 0 Å². The molecule has 0 radical (unpaired) electrons. The molecule has 1 amide bonds. The average Bonchev–Trinajstić information content (AvgIpc) is 2.66. The lowest BCUT2D eigenvalue weighted by Gasteiger charge is -2.13. The molecule has 3 aromatic rings. The van der Waals surface area contributed by atoms with Crippen molar-refractivity contribution in [1.82, 2.24) is 0 Å². The van der Waals surface area contributed by atoms with Crippen molar-refractivity contribution in [3.63, 3.8) is 0 Å². The fraction of sp³-hybridized carbons (Fsp3) is 0.182. The van der Waals surface area contributed by atoms with E-state index in [0.717, 1.165) is 16.3 Å². The smallest absolute Gasteiger partial charge is 0.340 e. The molecule has 0 saturated carbocycles. The summed E-state index contributed by atoms with van der Waals surface area (Å²) in [7, 11) is 0. The van der Waals surface area contributed by atoms with Gasteiger partial charge in [-0.15, -0.1) is 0 Å². The standard InChI is InChI=1S/C22H21NO3/c1-15(2)21(24)23-20-13-6-5-12-19(20)22(25)26-14-17-10-7-9-16-8-3-4-11-18(16)17/h3-13,15H,14H2,1-2H3,(H,23,24). The van der Waals surface area contributed by atoms with Crippen LogP contribution in [0.4, 0.5) is 5.69 Å². The molecule has 4 heteroatoms. The predicted molar refractivity (Wildman–Crippen MR) is 103 cm³/mol. The fourth-order valence-corrected chi connectivity index (χ4v) is 2.69. The van der Waals surface area contributed by atoms with Gasteiger partial charge in [-0.25, -0.2) is 4.79 Å². The van der Waals surface area contributed by atoms with Crippen molar-refractivity contribution in [2.24, 2.45) is 5.92 Å². The second kappa shape index (κ2) is 7.83. The molecule has 3 rings (SSSR count). The van der Waals surface area contributed by atoms with Crippen LogP contribution in [0.25, 0.3) is 10.8 Å². The second-order valence-corrected chi connectivity index (χ2v) is 6.40. The molecular formula is C22H21NO3. The molecule has 4 nitrogen and oxygen atoms in total. The van der Waals surface area contributed by atoms with E-state index in [-0.39, 0.29) is 18.4 Å². The van der Waals surface area contributed by atoms with E-state index in [4.69, 9.17) is 4.74 Å². The van der Waals surface area contributed by atoms with Gasteiger partial charge in [0.2, 0.25) is 5.91 Å². The quantitative estimate of drug-likeness (QED) is 0.675. The number of fused-ring (bicyclic) bond motifs is 1. The highest BCUT2D eigenvalue weighted by Gasteiger charge is 2.16. The van der Waals surface area contributed by atoms with E-state index in [2.05, 4.69) is 5.32 Å². The first kappa shape index (κ1) is 17.7. The average molecular weight is 347 g/mol. The molecule has 0 fully saturated rings. The molecular weight excluding hydrogens is 326 g/mol. The maximum absolute atomic E-state index is 12.6. The molecule has 0 spiro atoms. The third-order valence-corrected chi connectivity index (χ3v) is 4.17. The number of esters is 1. The van der Waals surface area contributed by atoms with Crippen molar-refractivity contribution in [3.05, 3.63) is 77.9 Å². The Hall–Kier alpha value is -3.14. The molecule has 0 unspecified atom stereocenters. The number of para-hydroxylation sites is 1. The summed E-state index contributed by atoms with van der Waals surface area (Å²) in [6, 6.07) is 20.8. The summed E-state index contributed by atoms with van der Waals surface area (Å²) in [5.41, 5.74) is 1.76. The lowest BCUT2D eigenvalue weighted by atomic mass is 10.1. The number of carbonyl (C=O) groups excluding carboxylic acids is 2. The molecule has 0 aromatic heterocycles. The van der Waals surface area contributed by atoms with Crippen LogP contribution < -0.4 is 5.32 Å². The molecule has 26 heavy (non-hydrogen) atoms. The predicted octanol–water partition coefficient (Wildman–Crippen LogP) is 4.79. The highest BCUT2D eigenvalue weighted by atomic mass is 16.5. The fourth-order valence-electron chi connectivity index (χ4n) is 2.69. The van der Waals surface area contributed by atoms with E-state index < -0.39 is 5.97 Å². The summed E-state index contributed by atoms with van der Waals surface area (Å²) >= 11 is 0. The minimum Gasteiger partial charge on any atom is -0.457 e. The highest BCUT2D eigenvalue weighted by Crippen LogP contribution is 2.21. The van der Waals surface area contributed by atoms with Crippen molar-refractivity contribution >= 4 is 28.3 Å². The van der Waals surface area contributed by atoms with Crippen molar-refractivity contribution in [3.8, 4) is 0 Å². The van der Waals surface area contributed by atoms with Gasteiger partial charge in [0, 0.05) is 5.92 Å². The van der Waals surface area contributed by atoms with Crippen LogP contribution in [0.2, 0.25) is 0 Å². The number of carbonyl (C=O) groups is 2. The van der Waals surface area contributed by atoms with Gasteiger partial charge >= 0.3 is 5.97 Å². The maximum Gasteiger partial charge on any atom is 0.340 e. The Morgan fingerprint density at radius 1 is 0.923 bits per heavy atom. The Labute approximate surface area is 152 Å². The number of rotatable bonds is 5. The number of amides is 1.